The maximum absolute atomic E-state index is 10.9. The van der Waals surface area contributed by atoms with Crippen molar-refractivity contribution in [2.24, 2.45) is 0 Å². The van der Waals surface area contributed by atoms with Crippen LogP contribution in [0.25, 0.3) is 0 Å². The van der Waals surface area contributed by atoms with Gasteiger partial charge in [-0.3, -0.25) is 0 Å². The van der Waals surface area contributed by atoms with Crippen molar-refractivity contribution in [2.75, 3.05) is 11.1 Å². The topological polar surface area (TPSA) is 88.2 Å². The van der Waals surface area contributed by atoms with Crippen LogP contribution in [0.2, 0.25) is 5.02 Å². The Hall–Kier alpha value is -2.27. The zero-order chi connectivity index (χ0) is 14.0. The number of nitrogens with zero attached hydrogens (tertiary/aromatic N) is 1. The molecule has 0 bridgehead atoms. The molecule has 0 saturated heterocycles. The fraction of sp³-hybridized carbons (Fsp3) is 0.0769. The van der Waals surface area contributed by atoms with E-state index in [1.807, 2.05) is 13.0 Å². The Morgan fingerprint density at radius 3 is 2.74 bits per heavy atom. The van der Waals surface area contributed by atoms with Gasteiger partial charge in [-0.2, -0.15) is 0 Å². The second kappa shape index (κ2) is 5.16. The number of halogens is 1. The fourth-order valence-corrected chi connectivity index (χ4v) is 1.82. The van der Waals surface area contributed by atoms with Gasteiger partial charge >= 0.3 is 5.97 Å². The summed E-state index contributed by atoms with van der Waals surface area (Å²) in [6, 6.07) is 8.29. The minimum Gasteiger partial charge on any atom is -0.477 e. The summed E-state index contributed by atoms with van der Waals surface area (Å²) in [5.41, 5.74) is 7.67. The monoisotopic (exact) mass is 277 g/mol. The first kappa shape index (κ1) is 13.2. The number of rotatable bonds is 3. The molecule has 0 radical (unpaired) electrons. The molecule has 0 atom stereocenters. The van der Waals surface area contributed by atoms with Gasteiger partial charge in [0.25, 0.3) is 0 Å². The van der Waals surface area contributed by atoms with Crippen LogP contribution < -0.4 is 11.1 Å². The van der Waals surface area contributed by atoms with E-state index in [9.17, 15) is 4.79 Å². The summed E-state index contributed by atoms with van der Waals surface area (Å²) in [5.74, 6) is -0.844. The van der Waals surface area contributed by atoms with Gasteiger partial charge in [-0.1, -0.05) is 17.7 Å². The van der Waals surface area contributed by atoms with Crippen molar-refractivity contribution in [3.63, 3.8) is 0 Å². The van der Waals surface area contributed by atoms with Gasteiger partial charge < -0.3 is 16.2 Å². The molecule has 0 amide bonds. The molecule has 0 aliphatic rings. The molecule has 1 aromatic carbocycles. The molecule has 0 aliphatic carbocycles. The standard InChI is InChI=1S/C13H12ClN3O2/c1-7-2-4-10(8(14)6-7)16-12-9(15)3-5-11(17-12)13(18)19/h2-6H,15H2,1H3,(H,16,17)(H,18,19). The van der Waals surface area contributed by atoms with Gasteiger partial charge in [-0.25, -0.2) is 9.78 Å². The van der Waals surface area contributed by atoms with E-state index in [1.54, 1.807) is 12.1 Å². The number of hydrogen-bond acceptors (Lipinski definition) is 4. The smallest absolute Gasteiger partial charge is 0.354 e. The van der Waals surface area contributed by atoms with Gasteiger partial charge in [0.2, 0.25) is 0 Å². The van der Waals surface area contributed by atoms with Crippen molar-refractivity contribution in [2.45, 2.75) is 6.92 Å². The summed E-state index contributed by atoms with van der Waals surface area (Å²) in [7, 11) is 0. The van der Waals surface area contributed by atoms with E-state index in [4.69, 9.17) is 22.4 Å². The zero-order valence-corrected chi connectivity index (χ0v) is 10.9. The Morgan fingerprint density at radius 1 is 1.37 bits per heavy atom. The van der Waals surface area contributed by atoms with E-state index >= 15 is 0 Å². The van der Waals surface area contributed by atoms with Crippen LogP contribution in [0.3, 0.4) is 0 Å². The summed E-state index contributed by atoms with van der Waals surface area (Å²) < 4.78 is 0. The predicted octanol–water partition coefficient (Wildman–Crippen LogP) is 3.07. The van der Waals surface area contributed by atoms with Gasteiger partial charge in [-0.05, 0) is 36.8 Å². The van der Waals surface area contributed by atoms with Crippen molar-refractivity contribution in [3.8, 4) is 0 Å². The number of nitrogens with one attached hydrogen (secondary N) is 1. The molecule has 6 heteroatoms. The lowest BCUT2D eigenvalue weighted by Crippen LogP contribution is -2.06. The Labute approximate surface area is 115 Å². The zero-order valence-electron chi connectivity index (χ0n) is 10.1. The first-order valence-corrected chi connectivity index (χ1v) is 5.88. The van der Waals surface area contributed by atoms with Crippen LogP contribution in [-0.4, -0.2) is 16.1 Å². The second-order valence-corrected chi connectivity index (χ2v) is 4.45. The maximum Gasteiger partial charge on any atom is 0.354 e. The molecule has 5 nitrogen and oxygen atoms in total. The number of benzene rings is 1. The van der Waals surface area contributed by atoms with E-state index in [0.29, 0.717) is 16.4 Å². The van der Waals surface area contributed by atoms with E-state index in [-0.39, 0.29) is 11.5 Å². The third kappa shape index (κ3) is 2.95. The molecular formula is C13H12ClN3O2. The minimum absolute atomic E-state index is 0.0834. The lowest BCUT2D eigenvalue weighted by Gasteiger charge is -2.11. The summed E-state index contributed by atoms with van der Waals surface area (Å²) in [6.07, 6.45) is 0. The van der Waals surface area contributed by atoms with Crippen LogP contribution in [0.15, 0.2) is 30.3 Å². The number of anilines is 3. The van der Waals surface area contributed by atoms with Crippen LogP contribution >= 0.6 is 11.6 Å². The number of hydrogen-bond donors (Lipinski definition) is 3. The highest BCUT2D eigenvalue weighted by Crippen LogP contribution is 2.28. The van der Waals surface area contributed by atoms with Gasteiger partial charge in [0.1, 0.15) is 0 Å². The van der Waals surface area contributed by atoms with Crippen LogP contribution in [0, 0.1) is 6.92 Å². The Balaban J connectivity index is 2.37. The SMILES string of the molecule is Cc1ccc(Nc2nc(C(=O)O)ccc2N)c(Cl)c1. The number of carboxylic acids is 1. The van der Waals surface area contributed by atoms with Crippen molar-refractivity contribution in [1.29, 1.82) is 0 Å². The molecule has 0 unspecified atom stereocenters. The molecule has 0 fully saturated rings. The highest BCUT2D eigenvalue weighted by Gasteiger charge is 2.10. The highest BCUT2D eigenvalue weighted by atomic mass is 35.5. The normalized spacial score (nSPS) is 10.2. The minimum atomic E-state index is -1.11. The van der Waals surface area contributed by atoms with Crippen molar-refractivity contribution >= 4 is 34.8 Å². The van der Waals surface area contributed by atoms with E-state index in [1.165, 1.54) is 12.1 Å². The first-order chi connectivity index (χ1) is 8.97. The molecule has 0 spiro atoms. The average molecular weight is 278 g/mol. The lowest BCUT2D eigenvalue weighted by atomic mass is 10.2. The number of carbonyl (C=O) groups is 1. The quantitative estimate of drug-likeness (QED) is 0.802. The number of aromatic nitrogens is 1. The van der Waals surface area contributed by atoms with Crippen LogP contribution in [-0.2, 0) is 0 Å². The molecule has 1 heterocycles. The number of aryl methyl sites for hydroxylation is 1. The molecule has 1 aromatic heterocycles. The third-order valence-electron chi connectivity index (χ3n) is 2.52. The van der Waals surface area contributed by atoms with Crippen LogP contribution in [0.1, 0.15) is 16.1 Å². The number of pyridine rings is 1. The van der Waals surface area contributed by atoms with Crippen molar-refractivity contribution < 1.29 is 9.90 Å². The van der Waals surface area contributed by atoms with Gasteiger partial charge in [0.05, 0.1) is 16.4 Å². The summed E-state index contributed by atoms with van der Waals surface area (Å²) in [6.45, 7) is 1.92. The Kier molecular flexibility index (Phi) is 3.57. The Bertz CT molecular complexity index is 644. The molecule has 4 N–H and O–H groups in total. The number of aromatic carboxylic acids is 1. The summed E-state index contributed by atoms with van der Waals surface area (Å²) in [4.78, 5) is 14.8. The highest BCUT2D eigenvalue weighted by molar-refractivity contribution is 6.33. The Morgan fingerprint density at radius 2 is 2.11 bits per heavy atom. The molecule has 19 heavy (non-hydrogen) atoms. The van der Waals surface area contributed by atoms with Gasteiger partial charge in [0.15, 0.2) is 11.5 Å². The molecule has 0 saturated carbocycles. The second-order valence-electron chi connectivity index (χ2n) is 4.05. The van der Waals surface area contributed by atoms with Crippen LogP contribution in [0.4, 0.5) is 17.2 Å². The lowest BCUT2D eigenvalue weighted by molar-refractivity contribution is 0.0690. The average Bonchev–Trinajstić information content (AvgIpc) is 2.34. The van der Waals surface area contributed by atoms with Crippen molar-refractivity contribution in [3.05, 3.63) is 46.6 Å². The van der Waals surface area contributed by atoms with E-state index in [0.717, 1.165) is 5.56 Å². The summed E-state index contributed by atoms with van der Waals surface area (Å²) >= 11 is 6.09. The van der Waals surface area contributed by atoms with E-state index in [2.05, 4.69) is 10.3 Å². The number of carboxylic acid groups (broad SMARTS) is 1. The summed E-state index contributed by atoms with van der Waals surface area (Å²) in [5, 5.41) is 12.3. The molecular weight excluding hydrogens is 266 g/mol. The molecule has 2 aromatic rings. The van der Waals surface area contributed by atoms with E-state index < -0.39 is 5.97 Å². The number of nitrogen functional groups attached to an aromatic ring is 1. The maximum atomic E-state index is 10.9. The van der Waals surface area contributed by atoms with Gasteiger partial charge in [-0.15, -0.1) is 0 Å². The fourth-order valence-electron chi connectivity index (χ4n) is 1.54. The predicted molar refractivity (Wildman–Crippen MR) is 75.1 cm³/mol. The first-order valence-electron chi connectivity index (χ1n) is 5.50. The van der Waals surface area contributed by atoms with Gasteiger partial charge in [0, 0.05) is 0 Å². The van der Waals surface area contributed by atoms with Crippen molar-refractivity contribution in [1.82, 2.24) is 4.98 Å². The third-order valence-corrected chi connectivity index (χ3v) is 2.84. The largest absolute Gasteiger partial charge is 0.477 e. The molecule has 0 aliphatic heterocycles. The number of nitrogens with two attached hydrogens (primary N) is 1. The molecule has 2 rings (SSSR count). The molecule has 98 valence electrons. The van der Waals surface area contributed by atoms with Crippen LogP contribution in [0.5, 0.6) is 0 Å².